The van der Waals surface area contributed by atoms with Gasteiger partial charge in [-0.3, -0.25) is 0 Å². The molecule has 0 atom stereocenters. The van der Waals surface area contributed by atoms with E-state index in [2.05, 4.69) is 20.6 Å². The average Bonchev–Trinajstić information content (AvgIpc) is 2.09. The summed E-state index contributed by atoms with van der Waals surface area (Å²) in [5.74, 6) is 0. The second-order valence-electron chi connectivity index (χ2n) is 2.10. The first kappa shape index (κ1) is 9.35. The van der Waals surface area contributed by atoms with E-state index in [1.807, 2.05) is 24.3 Å². The molecule has 0 saturated carbocycles. The van der Waals surface area contributed by atoms with Crippen LogP contribution >= 0.6 is 15.9 Å². The van der Waals surface area contributed by atoms with Crippen LogP contribution in [0.1, 0.15) is 5.56 Å². The Labute approximate surface area is 80.3 Å². The van der Waals surface area contributed by atoms with Crippen molar-refractivity contribution in [3.05, 3.63) is 40.6 Å². The van der Waals surface area contributed by atoms with Crippen molar-refractivity contribution in [2.45, 2.75) is 0 Å². The highest BCUT2D eigenvalue weighted by molar-refractivity contribution is 9.10. The minimum atomic E-state index is 0.634. The topological polar surface area (TPSA) is 29.5 Å². The molecule has 12 heavy (non-hydrogen) atoms. The first-order valence-corrected chi connectivity index (χ1v) is 4.15. The molecule has 0 saturated heterocycles. The molecule has 1 aromatic rings. The molecule has 0 amide bonds. The molecule has 61 valence electrons. The first-order chi connectivity index (χ1) is 5.83. The SMILES string of the molecule is O[B]OC=Cc1ccc(Br)cc1. The molecule has 1 aromatic carbocycles. The van der Waals surface area contributed by atoms with Gasteiger partial charge < -0.3 is 9.68 Å². The number of hydrogen-bond acceptors (Lipinski definition) is 2. The molecule has 1 N–H and O–H groups in total. The largest absolute Gasteiger partial charge is 0.569 e. The van der Waals surface area contributed by atoms with Crippen molar-refractivity contribution in [1.29, 1.82) is 0 Å². The molecule has 0 heterocycles. The summed E-state index contributed by atoms with van der Waals surface area (Å²) < 4.78 is 5.54. The Balaban J connectivity index is 2.58. The van der Waals surface area contributed by atoms with Gasteiger partial charge in [0.2, 0.25) is 0 Å². The molecular weight excluding hydrogens is 219 g/mol. The van der Waals surface area contributed by atoms with Gasteiger partial charge in [0.05, 0.1) is 6.26 Å². The third-order valence-electron chi connectivity index (χ3n) is 1.27. The van der Waals surface area contributed by atoms with Crippen molar-refractivity contribution in [3.63, 3.8) is 0 Å². The minimum absolute atomic E-state index is 0.634. The Kier molecular flexibility index (Phi) is 3.90. The molecule has 0 spiro atoms. The van der Waals surface area contributed by atoms with Crippen molar-refractivity contribution >= 4 is 29.7 Å². The molecule has 4 heteroatoms. The number of halogens is 1. The summed E-state index contributed by atoms with van der Waals surface area (Å²) in [4.78, 5) is 0. The maximum absolute atomic E-state index is 8.18. The van der Waals surface area contributed by atoms with Crippen LogP contribution in [0.4, 0.5) is 0 Å². The van der Waals surface area contributed by atoms with Crippen LogP contribution in [0.25, 0.3) is 6.08 Å². The zero-order chi connectivity index (χ0) is 8.81. The van der Waals surface area contributed by atoms with Gasteiger partial charge >= 0.3 is 7.69 Å². The highest BCUT2D eigenvalue weighted by Crippen LogP contribution is 2.11. The normalized spacial score (nSPS) is 10.2. The molecule has 0 aliphatic rings. The van der Waals surface area contributed by atoms with Crippen LogP contribution in [0.3, 0.4) is 0 Å². The van der Waals surface area contributed by atoms with E-state index < -0.39 is 0 Å². The van der Waals surface area contributed by atoms with Crippen molar-refractivity contribution in [3.8, 4) is 0 Å². The molecule has 2 nitrogen and oxygen atoms in total. The maximum atomic E-state index is 8.18. The summed E-state index contributed by atoms with van der Waals surface area (Å²) in [5.41, 5.74) is 1.01. The Morgan fingerprint density at radius 3 is 2.58 bits per heavy atom. The highest BCUT2D eigenvalue weighted by Gasteiger charge is 1.86. The highest BCUT2D eigenvalue weighted by atomic mass is 79.9. The van der Waals surface area contributed by atoms with E-state index >= 15 is 0 Å². The zero-order valence-corrected chi connectivity index (χ0v) is 7.86. The van der Waals surface area contributed by atoms with E-state index in [0.29, 0.717) is 7.69 Å². The van der Waals surface area contributed by atoms with Gasteiger partial charge in [-0.15, -0.1) is 0 Å². The molecule has 0 aromatic heterocycles. The van der Waals surface area contributed by atoms with Crippen molar-refractivity contribution < 1.29 is 9.68 Å². The maximum Gasteiger partial charge on any atom is 0.569 e. The van der Waals surface area contributed by atoms with Crippen LogP contribution in [-0.2, 0) is 4.65 Å². The molecule has 1 radical (unpaired) electrons. The molecule has 0 bridgehead atoms. The molecule has 0 fully saturated rings. The van der Waals surface area contributed by atoms with Gasteiger partial charge in [0.1, 0.15) is 0 Å². The zero-order valence-electron chi connectivity index (χ0n) is 6.27. The van der Waals surface area contributed by atoms with Crippen LogP contribution in [0.2, 0.25) is 0 Å². The lowest BCUT2D eigenvalue weighted by atomic mass is 10.2. The standard InChI is InChI=1S/C8H7BBrO2/c10-8-3-1-7(2-4-8)5-6-12-9-11/h1-6,11H. The van der Waals surface area contributed by atoms with E-state index in [1.54, 1.807) is 6.08 Å². The number of rotatable bonds is 3. The summed E-state index contributed by atoms with van der Waals surface area (Å²) in [6, 6.07) is 7.73. The van der Waals surface area contributed by atoms with E-state index in [4.69, 9.17) is 5.02 Å². The summed E-state index contributed by atoms with van der Waals surface area (Å²) >= 11 is 3.33. The van der Waals surface area contributed by atoms with E-state index in [9.17, 15) is 0 Å². The van der Waals surface area contributed by atoms with Gasteiger partial charge in [0.25, 0.3) is 0 Å². The van der Waals surface area contributed by atoms with Crippen molar-refractivity contribution in [1.82, 2.24) is 0 Å². The van der Waals surface area contributed by atoms with E-state index in [-0.39, 0.29) is 0 Å². The third kappa shape index (κ3) is 3.11. The summed E-state index contributed by atoms with van der Waals surface area (Å²) in [6.07, 6.45) is 3.16. The molecule has 0 aliphatic heterocycles. The van der Waals surface area contributed by atoms with Gasteiger partial charge in [0, 0.05) is 4.47 Å². The second kappa shape index (κ2) is 5.01. The van der Waals surface area contributed by atoms with E-state index in [1.165, 1.54) is 6.26 Å². The Morgan fingerprint density at radius 1 is 1.33 bits per heavy atom. The molecule has 1 rings (SSSR count). The lowest BCUT2D eigenvalue weighted by molar-refractivity contribution is 0.408. The van der Waals surface area contributed by atoms with Crippen molar-refractivity contribution in [2.24, 2.45) is 0 Å². The third-order valence-corrected chi connectivity index (χ3v) is 1.80. The average molecular weight is 226 g/mol. The Bertz CT molecular complexity index is 258. The van der Waals surface area contributed by atoms with E-state index in [0.717, 1.165) is 10.0 Å². The van der Waals surface area contributed by atoms with Crippen LogP contribution in [0.5, 0.6) is 0 Å². The lowest BCUT2D eigenvalue weighted by Crippen LogP contribution is -1.86. The quantitative estimate of drug-likeness (QED) is 0.630. The van der Waals surface area contributed by atoms with Crippen LogP contribution in [-0.4, -0.2) is 12.7 Å². The molecule has 0 unspecified atom stereocenters. The van der Waals surface area contributed by atoms with Gasteiger partial charge in [-0.1, -0.05) is 28.1 Å². The fraction of sp³-hybridized carbons (Fsp3) is 0. The van der Waals surface area contributed by atoms with Crippen LogP contribution in [0, 0.1) is 0 Å². The predicted molar refractivity (Wildman–Crippen MR) is 52.2 cm³/mol. The van der Waals surface area contributed by atoms with Gasteiger partial charge in [-0.05, 0) is 23.8 Å². The van der Waals surface area contributed by atoms with Crippen molar-refractivity contribution in [2.75, 3.05) is 0 Å². The second-order valence-corrected chi connectivity index (χ2v) is 3.01. The summed E-state index contributed by atoms with van der Waals surface area (Å²) in [5, 5.41) is 8.18. The molecular formula is C8H7BBrO2. The summed E-state index contributed by atoms with van der Waals surface area (Å²) in [7, 11) is 0.634. The Hall–Kier alpha value is -0.735. The van der Waals surface area contributed by atoms with Gasteiger partial charge in [0.15, 0.2) is 0 Å². The van der Waals surface area contributed by atoms with Crippen LogP contribution in [0.15, 0.2) is 35.0 Å². The minimum Gasteiger partial charge on any atom is -0.543 e. The monoisotopic (exact) mass is 225 g/mol. The fourth-order valence-corrected chi connectivity index (χ4v) is 0.991. The smallest absolute Gasteiger partial charge is 0.543 e. The Morgan fingerprint density at radius 2 is 2.00 bits per heavy atom. The van der Waals surface area contributed by atoms with Gasteiger partial charge in [-0.25, -0.2) is 0 Å². The lowest BCUT2D eigenvalue weighted by Gasteiger charge is -1.93. The summed E-state index contributed by atoms with van der Waals surface area (Å²) in [6.45, 7) is 0. The van der Waals surface area contributed by atoms with Crippen LogP contribution < -0.4 is 0 Å². The number of benzene rings is 1. The predicted octanol–water partition coefficient (Wildman–Crippen LogP) is 1.96. The fourth-order valence-electron chi connectivity index (χ4n) is 0.727. The number of hydrogen-bond donors (Lipinski definition) is 1. The van der Waals surface area contributed by atoms with Gasteiger partial charge in [-0.2, -0.15) is 0 Å². The molecule has 0 aliphatic carbocycles. The first-order valence-electron chi connectivity index (χ1n) is 3.36.